The lowest BCUT2D eigenvalue weighted by Gasteiger charge is -2.26. The Morgan fingerprint density at radius 2 is 1.92 bits per heavy atom. The lowest BCUT2D eigenvalue weighted by Crippen LogP contribution is -2.31. The van der Waals surface area contributed by atoms with Gasteiger partial charge in [-0.25, -0.2) is 0 Å². The molecule has 1 aliphatic heterocycles. The minimum atomic E-state index is -0.881. The summed E-state index contributed by atoms with van der Waals surface area (Å²) in [6.45, 7) is 0.654. The van der Waals surface area contributed by atoms with E-state index in [0.29, 0.717) is 22.7 Å². The fraction of sp³-hybridized carbons (Fsp3) is 0.294. The number of nitro groups is 1. The maximum absolute atomic E-state index is 10.7. The van der Waals surface area contributed by atoms with Gasteiger partial charge < -0.3 is 14.2 Å². The maximum atomic E-state index is 10.7. The molecule has 1 saturated heterocycles. The van der Waals surface area contributed by atoms with E-state index in [1.54, 1.807) is 24.3 Å². The summed E-state index contributed by atoms with van der Waals surface area (Å²) < 4.78 is 17.6. The van der Waals surface area contributed by atoms with Gasteiger partial charge in [0.05, 0.1) is 16.9 Å². The van der Waals surface area contributed by atoms with Crippen LogP contribution in [0, 0.1) is 10.1 Å². The molecule has 1 fully saturated rings. The molecule has 2 atom stereocenters. The van der Waals surface area contributed by atoms with E-state index in [1.165, 1.54) is 12.1 Å². The quantitative estimate of drug-likeness (QED) is 0.390. The summed E-state index contributed by atoms with van der Waals surface area (Å²) in [5.41, 5.74) is 0.889. The molecule has 0 amide bonds. The molecule has 0 unspecified atom stereocenters. The van der Waals surface area contributed by atoms with Gasteiger partial charge in [-0.2, -0.15) is 0 Å². The van der Waals surface area contributed by atoms with E-state index in [9.17, 15) is 10.1 Å². The first kappa shape index (κ1) is 18.1. The van der Waals surface area contributed by atoms with Crippen molar-refractivity contribution in [1.29, 1.82) is 0 Å². The van der Waals surface area contributed by atoms with Crippen molar-refractivity contribution >= 4 is 33.2 Å². The van der Waals surface area contributed by atoms with Crippen molar-refractivity contribution in [2.24, 2.45) is 0 Å². The number of benzene rings is 2. The first-order valence-electron chi connectivity index (χ1n) is 7.53. The van der Waals surface area contributed by atoms with Crippen LogP contribution < -0.4 is 4.74 Å². The normalized spacial score (nSPS) is 22.7. The third-order valence-electron chi connectivity index (χ3n) is 3.80. The van der Waals surface area contributed by atoms with E-state index in [4.69, 9.17) is 25.8 Å². The predicted molar refractivity (Wildman–Crippen MR) is 96.3 cm³/mol. The first-order chi connectivity index (χ1) is 12.0. The Balaban J connectivity index is 1.61. The van der Waals surface area contributed by atoms with Crippen LogP contribution >= 0.6 is 27.5 Å². The number of rotatable bonds is 6. The van der Waals surface area contributed by atoms with Crippen LogP contribution in [0.1, 0.15) is 5.56 Å². The summed E-state index contributed by atoms with van der Waals surface area (Å²) >= 11 is 9.37. The van der Waals surface area contributed by atoms with E-state index < -0.39 is 10.7 Å². The van der Waals surface area contributed by atoms with Gasteiger partial charge in [-0.3, -0.25) is 10.1 Å². The van der Waals surface area contributed by atoms with E-state index in [0.717, 1.165) is 5.56 Å². The van der Waals surface area contributed by atoms with Crippen molar-refractivity contribution in [3.8, 4) is 5.75 Å². The van der Waals surface area contributed by atoms with Crippen molar-refractivity contribution in [1.82, 2.24) is 0 Å². The van der Waals surface area contributed by atoms with Crippen molar-refractivity contribution < 1.29 is 19.1 Å². The summed E-state index contributed by atoms with van der Waals surface area (Å²) in [6.07, 6.45) is -0.261. The van der Waals surface area contributed by atoms with E-state index in [-0.39, 0.29) is 18.4 Å². The van der Waals surface area contributed by atoms with Gasteiger partial charge in [0, 0.05) is 22.7 Å². The second kappa shape index (κ2) is 7.70. The highest BCUT2D eigenvalue weighted by atomic mass is 79.9. The van der Waals surface area contributed by atoms with Crippen molar-refractivity contribution in [3.63, 3.8) is 0 Å². The molecule has 1 aliphatic rings. The molecule has 0 N–H and O–H groups in total. The minimum absolute atomic E-state index is 0.0221. The largest absolute Gasteiger partial charge is 0.491 e. The summed E-state index contributed by atoms with van der Waals surface area (Å²) in [4.78, 5) is 10.2. The number of hydrogen-bond donors (Lipinski definition) is 0. The molecule has 0 aromatic heterocycles. The van der Waals surface area contributed by atoms with Gasteiger partial charge in [0.2, 0.25) is 5.79 Å². The molecule has 0 bridgehead atoms. The van der Waals surface area contributed by atoms with Crippen LogP contribution in [0.5, 0.6) is 5.75 Å². The van der Waals surface area contributed by atoms with Crippen molar-refractivity contribution in [2.75, 3.05) is 18.5 Å². The number of non-ortho nitro benzene ring substituents is 1. The Morgan fingerprint density at radius 3 is 2.52 bits per heavy atom. The van der Waals surface area contributed by atoms with Crippen LogP contribution in [0.4, 0.5) is 5.69 Å². The SMILES string of the molecule is O=[N+]([O-])c1ccc(OC[C@H]2CO[C@@](CBr)(c3ccc(Cl)cc3)O2)cc1. The molecular weight excluding hydrogens is 414 g/mol. The number of nitrogens with zero attached hydrogens (tertiary/aromatic N) is 1. The molecule has 132 valence electrons. The highest BCUT2D eigenvalue weighted by Crippen LogP contribution is 2.36. The molecule has 2 aromatic carbocycles. The highest BCUT2D eigenvalue weighted by molar-refractivity contribution is 9.09. The van der Waals surface area contributed by atoms with Crippen LogP contribution in [-0.4, -0.2) is 29.6 Å². The summed E-state index contributed by atoms with van der Waals surface area (Å²) in [5, 5.41) is 11.8. The highest BCUT2D eigenvalue weighted by Gasteiger charge is 2.42. The number of halogens is 2. The Kier molecular flexibility index (Phi) is 5.58. The number of ether oxygens (including phenoxy) is 3. The Hall–Kier alpha value is -1.67. The Morgan fingerprint density at radius 1 is 1.24 bits per heavy atom. The van der Waals surface area contributed by atoms with Crippen molar-refractivity contribution in [3.05, 3.63) is 69.2 Å². The number of nitro benzene ring substituents is 1. The summed E-state index contributed by atoms with van der Waals surface area (Å²) in [5.74, 6) is -0.342. The molecule has 8 heteroatoms. The van der Waals surface area contributed by atoms with Gasteiger partial charge in [0.1, 0.15) is 18.5 Å². The fourth-order valence-corrected chi connectivity index (χ4v) is 3.25. The van der Waals surface area contributed by atoms with Gasteiger partial charge in [-0.1, -0.05) is 39.7 Å². The Bertz CT molecular complexity index is 740. The molecule has 0 aliphatic carbocycles. The standard InChI is InChI=1S/C17H15BrClNO5/c18-11-17(12-1-3-13(19)4-2-12)24-10-16(25-17)9-23-15-7-5-14(6-8-15)20(21)22/h1-8,16H,9-11H2/t16-,17+/m0/s1. The average molecular weight is 429 g/mol. The predicted octanol–water partition coefficient (Wildman–Crippen LogP) is 4.29. The monoisotopic (exact) mass is 427 g/mol. The molecule has 0 saturated carbocycles. The molecule has 6 nitrogen and oxygen atoms in total. The van der Waals surface area contributed by atoms with Crippen LogP contribution in [-0.2, 0) is 15.3 Å². The third-order valence-corrected chi connectivity index (χ3v) is 4.79. The average Bonchev–Trinajstić information content (AvgIpc) is 3.06. The van der Waals surface area contributed by atoms with Gasteiger partial charge >= 0.3 is 0 Å². The molecule has 2 aromatic rings. The maximum Gasteiger partial charge on any atom is 0.269 e. The molecule has 3 rings (SSSR count). The minimum Gasteiger partial charge on any atom is -0.491 e. The molecule has 0 spiro atoms. The zero-order valence-corrected chi connectivity index (χ0v) is 15.4. The topological polar surface area (TPSA) is 70.8 Å². The van der Waals surface area contributed by atoms with Crippen LogP contribution in [0.25, 0.3) is 0 Å². The summed E-state index contributed by atoms with van der Waals surface area (Å²) in [6, 6.07) is 13.2. The molecular formula is C17H15BrClNO5. The van der Waals surface area contributed by atoms with Crippen LogP contribution in [0.2, 0.25) is 5.02 Å². The second-order valence-corrected chi connectivity index (χ2v) is 6.50. The first-order valence-corrected chi connectivity index (χ1v) is 9.03. The van der Waals surface area contributed by atoms with Gasteiger partial charge in [-0.05, 0) is 24.3 Å². The lowest BCUT2D eigenvalue weighted by molar-refractivity contribution is -0.384. The fourth-order valence-electron chi connectivity index (χ4n) is 2.50. The van der Waals surface area contributed by atoms with E-state index in [2.05, 4.69) is 15.9 Å². The van der Waals surface area contributed by atoms with E-state index >= 15 is 0 Å². The summed E-state index contributed by atoms with van der Waals surface area (Å²) in [7, 11) is 0. The molecule has 25 heavy (non-hydrogen) atoms. The van der Waals surface area contributed by atoms with Gasteiger partial charge in [-0.15, -0.1) is 0 Å². The smallest absolute Gasteiger partial charge is 0.269 e. The van der Waals surface area contributed by atoms with Crippen LogP contribution in [0.15, 0.2) is 48.5 Å². The van der Waals surface area contributed by atoms with E-state index in [1.807, 2.05) is 12.1 Å². The lowest BCUT2D eigenvalue weighted by atomic mass is 10.1. The van der Waals surface area contributed by atoms with Gasteiger partial charge in [0.25, 0.3) is 5.69 Å². The third kappa shape index (κ3) is 4.12. The number of alkyl halides is 1. The Labute approximate surface area is 157 Å². The number of hydrogen-bond acceptors (Lipinski definition) is 5. The van der Waals surface area contributed by atoms with Crippen LogP contribution in [0.3, 0.4) is 0 Å². The zero-order chi connectivity index (χ0) is 17.9. The van der Waals surface area contributed by atoms with Gasteiger partial charge in [0.15, 0.2) is 0 Å². The molecule has 0 radical (unpaired) electrons. The zero-order valence-electron chi connectivity index (χ0n) is 13.1. The second-order valence-electron chi connectivity index (χ2n) is 5.51. The molecule has 1 heterocycles. The van der Waals surface area contributed by atoms with Crippen molar-refractivity contribution in [2.45, 2.75) is 11.9 Å².